The van der Waals surface area contributed by atoms with Crippen LogP contribution in [0.3, 0.4) is 0 Å². The molecule has 0 heterocycles. The second-order valence-electron chi connectivity index (χ2n) is 10.9. The van der Waals surface area contributed by atoms with Crippen LogP contribution >= 0.6 is 0 Å². The number of hydrogen-bond donors (Lipinski definition) is 1. The summed E-state index contributed by atoms with van der Waals surface area (Å²) in [7, 11) is 0. The van der Waals surface area contributed by atoms with Crippen molar-refractivity contribution < 1.29 is 24.2 Å². The first-order chi connectivity index (χ1) is 18.6. The fourth-order valence-electron chi connectivity index (χ4n) is 4.55. The zero-order valence-corrected chi connectivity index (χ0v) is 25.2. The molecular weight excluding hydrogens is 476 g/mol. The second-order valence-corrected chi connectivity index (χ2v) is 10.9. The van der Waals surface area contributed by atoms with Crippen molar-refractivity contribution in [2.24, 2.45) is 0 Å². The average Bonchev–Trinajstić information content (AvgIpc) is 2.92. The average molecular weight is 539 g/mol. The Balaban J connectivity index is 3.57. The molecular formula is C33H62O5. The molecule has 0 aliphatic carbocycles. The van der Waals surface area contributed by atoms with E-state index < -0.39 is 6.10 Å². The highest BCUT2D eigenvalue weighted by molar-refractivity contribution is 5.70. The van der Waals surface area contributed by atoms with E-state index >= 15 is 0 Å². The lowest BCUT2D eigenvalue weighted by Gasteiger charge is -2.15. The summed E-state index contributed by atoms with van der Waals surface area (Å²) in [6, 6.07) is 0. The van der Waals surface area contributed by atoms with Gasteiger partial charge in [0.25, 0.3) is 0 Å². The van der Waals surface area contributed by atoms with Gasteiger partial charge in [-0.05, 0) is 38.5 Å². The monoisotopic (exact) mass is 538 g/mol. The molecule has 0 aliphatic rings. The second kappa shape index (κ2) is 30.2. The summed E-state index contributed by atoms with van der Waals surface area (Å²) < 4.78 is 10.5. The maximum atomic E-state index is 12.1. The Morgan fingerprint density at radius 2 is 0.974 bits per heavy atom. The first-order valence-electron chi connectivity index (χ1n) is 16.2. The van der Waals surface area contributed by atoms with Crippen LogP contribution in [0.2, 0.25) is 0 Å². The highest BCUT2D eigenvalue weighted by atomic mass is 16.6. The van der Waals surface area contributed by atoms with Crippen LogP contribution < -0.4 is 0 Å². The van der Waals surface area contributed by atoms with E-state index in [9.17, 15) is 14.7 Å². The lowest BCUT2D eigenvalue weighted by Crippen LogP contribution is -2.28. The Kier molecular flexibility index (Phi) is 29.1. The van der Waals surface area contributed by atoms with E-state index in [-0.39, 0.29) is 25.2 Å². The van der Waals surface area contributed by atoms with E-state index in [2.05, 4.69) is 26.0 Å². The van der Waals surface area contributed by atoms with Crippen molar-refractivity contribution in [2.75, 3.05) is 13.2 Å². The van der Waals surface area contributed by atoms with Gasteiger partial charge in [-0.25, -0.2) is 0 Å². The topological polar surface area (TPSA) is 72.8 Å². The molecule has 0 rings (SSSR count). The number of hydrogen-bond acceptors (Lipinski definition) is 5. The van der Waals surface area contributed by atoms with Crippen LogP contribution in [0.5, 0.6) is 0 Å². The Hall–Kier alpha value is -1.36. The molecule has 0 radical (unpaired) electrons. The molecule has 0 fully saturated rings. The normalized spacial score (nSPS) is 12.2. The predicted molar refractivity (Wildman–Crippen MR) is 159 cm³/mol. The van der Waals surface area contributed by atoms with E-state index in [1.165, 1.54) is 103 Å². The molecule has 0 spiro atoms. The Bertz CT molecular complexity index is 546. The van der Waals surface area contributed by atoms with Crippen molar-refractivity contribution in [1.29, 1.82) is 0 Å². The summed E-state index contributed by atoms with van der Waals surface area (Å²) in [6.07, 6.45) is 31.2. The summed E-state index contributed by atoms with van der Waals surface area (Å²) >= 11 is 0. The van der Waals surface area contributed by atoms with Crippen LogP contribution in [0, 0.1) is 0 Å². The molecule has 0 aromatic carbocycles. The summed E-state index contributed by atoms with van der Waals surface area (Å²) in [5.74, 6) is -0.596. The number of rotatable bonds is 29. The van der Waals surface area contributed by atoms with Crippen molar-refractivity contribution >= 4 is 11.9 Å². The molecule has 0 amide bonds. The Labute approximate surface area is 235 Å². The molecule has 0 aromatic heterocycles. The maximum absolute atomic E-state index is 12.1. The van der Waals surface area contributed by atoms with Crippen molar-refractivity contribution in [3.63, 3.8) is 0 Å². The number of carbonyl (C=O) groups excluding carboxylic acids is 2. The van der Waals surface area contributed by atoms with Gasteiger partial charge in [-0.1, -0.05) is 129 Å². The van der Waals surface area contributed by atoms with Gasteiger partial charge in [0.15, 0.2) is 6.10 Å². The minimum absolute atomic E-state index is 0.0629. The van der Waals surface area contributed by atoms with Crippen molar-refractivity contribution in [3.8, 4) is 0 Å². The van der Waals surface area contributed by atoms with Crippen molar-refractivity contribution in [3.05, 3.63) is 12.2 Å². The standard InChI is InChI=1S/C33H62O5/c1-3-5-7-9-11-13-14-15-16-17-18-20-22-24-26-28-33(36)38-31(29-34)30-37-32(35)27-25-23-21-19-12-10-8-6-4-2/h13-14,31,34H,3-12,15-30H2,1-2H3/b14-13+/t31-/m0/s1. The smallest absolute Gasteiger partial charge is 0.306 e. The zero-order valence-electron chi connectivity index (χ0n) is 25.2. The fraction of sp³-hybridized carbons (Fsp3) is 0.879. The van der Waals surface area contributed by atoms with Gasteiger partial charge in [-0.3, -0.25) is 9.59 Å². The minimum atomic E-state index is -0.764. The quantitative estimate of drug-likeness (QED) is 0.0583. The highest BCUT2D eigenvalue weighted by Crippen LogP contribution is 2.13. The summed E-state index contributed by atoms with van der Waals surface area (Å²) in [4.78, 5) is 24.0. The molecule has 1 atom stereocenters. The third-order valence-corrected chi connectivity index (χ3v) is 7.06. The number of ether oxygens (including phenoxy) is 2. The first kappa shape index (κ1) is 36.6. The predicted octanol–water partition coefficient (Wildman–Crippen LogP) is 9.39. The summed E-state index contributed by atoms with van der Waals surface area (Å²) in [6.45, 7) is 4.09. The van der Waals surface area contributed by atoms with Crippen LogP contribution in [0.15, 0.2) is 12.2 Å². The molecule has 0 saturated carbocycles. The fourth-order valence-corrected chi connectivity index (χ4v) is 4.55. The van der Waals surface area contributed by atoms with Gasteiger partial charge < -0.3 is 14.6 Å². The third-order valence-electron chi connectivity index (χ3n) is 7.06. The van der Waals surface area contributed by atoms with Gasteiger partial charge in [0.2, 0.25) is 0 Å². The summed E-state index contributed by atoms with van der Waals surface area (Å²) in [5, 5.41) is 9.47. The number of allylic oxidation sites excluding steroid dienone is 2. The van der Waals surface area contributed by atoms with E-state index in [1.54, 1.807) is 0 Å². The lowest BCUT2D eigenvalue weighted by atomic mass is 10.1. The number of unbranched alkanes of at least 4 members (excludes halogenated alkanes) is 19. The first-order valence-corrected chi connectivity index (χ1v) is 16.2. The van der Waals surface area contributed by atoms with Gasteiger partial charge in [0.1, 0.15) is 6.61 Å². The largest absolute Gasteiger partial charge is 0.462 e. The van der Waals surface area contributed by atoms with E-state index in [0.717, 1.165) is 38.5 Å². The molecule has 0 aliphatic heterocycles. The molecule has 5 nitrogen and oxygen atoms in total. The molecule has 0 aromatic rings. The van der Waals surface area contributed by atoms with Gasteiger partial charge in [-0.2, -0.15) is 0 Å². The van der Waals surface area contributed by atoms with Crippen LogP contribution in [-0.2, 0) is 19.1 Å². The number of aliphatic hydroxyl groups is 1. The van der Waals surface area contributed by atoms with Gasteiger partial charge >= 0.3 is 11.9 Å². The molecule has 1 N–H and O–H groups in total. The molecule has 0 bridgehead atoms. The Morgan fingerprint density at radius 3 is 1.45 bits per heavy atom. The van der Waals surface area contributed by atoms with E-state index in [0.29, 0.717) is 12.8 Å². The SMILES string of the molecule is CCCCCC/C=C/CCCCCCCCCC(=O)O[C@@H](CO)COC(=O)CCCCCCCCCCC. The van der Waals surface area contributed by atoms with Crippen molar-refractivity contribution in [1.82, 2.24) is 0 Å². The maximum Gasteiger partial charge on any atom is 0.306 e. The van der Waals surface area contributed by atoms with Crippen molar-refractivity contribution in [2.45, 2.75) is 174 Å². The van der Waals surface area contributed by atoms with Crippen LogP contribution in [0.25, 0.3) is 0 Å². The molecule has 224 valence electrons. The molecule has 0 saturated heterocycles. The molecule has 5 heteroatoms. The third kappa shape index (κ3) is 27.7. The number of esters is 2. The van der Waals surface area contributed by atoms with E-state index in [4.69, 9.17) is 9.47 Å². The highest BCUT2D eigenvalue weighted by Gasteiger charge is 2.16. The number of carbonyl (C=O) groups is 2. The van der Waals surface area contributed by atoms with Crippen LogP contribution in [-0.4, -0.2) is 36.4 Å². The zero-order chi connectivity index (χ0) is 27.9. The molecule has 0 unspecified atom stereocenters. The van der Waals surface area contributed by atoms with E-state index in [1.807, 2.05) is 0 Å². The minimum Gasteiger partial charge on any atom is -0.462 e. The molecule has 38 heavy (non-hydrogen) atoms. The van der Waals surface area contributed by atoms with Gasteiger partial charge in [0.05, 0.1) is 6.61 Å². The summed E-state index contributed by atoms with van der Waals surface area (Å²) in [5.41, 5.74) is 0. The lowest BCUT2D eigenvalue weighted by molar-refractivity contribution is -0.161. The van der Waals surface area contributed by atoms with Gasteiger partial charge in [0, 0.05) is 12.8 Å². The van der Waals surface area contributed by atoms with Gasteiger partial charge in [-0.15, -0.1) is 0 Å². The van der Waals surface area contributed by atoms with Crippen LogP contribution in [0.1, 0.15) is 168 Å². The Morgan fingerprint density at radius 1 is 0.579 bits per heavy atom. The van der Waals surface area contributed by atoms with Crippen LogP contribution in [0.4, 0.5) is 0 Å². The number of aliphatic hydroxyl groups excluding tert-OH is 1.